The van der Waals surface area contributed by atoms with Crippen molar-refractivity contribution >= 4 is 5.69 Å². The van der Waals surface area contributed by atoms with Gasteiger partial charge in [-0.2, -0.15) is 0 Å². The van der Waals surface area contributed by atoms with Crippen LogP contribution in [0.1, 0.15) is 31.7 Å². The molecule has 0 aliphatic carbocycles. The molecule has 0 spiro atoms. The summed E-state index contributed by atoms with van der Waals surface area (Å²) in [7, 11) is 0. The number of benzene rings is 1. The predicted molar refractivity (Wildman–Crippen MR) is 74.8 cm³/mol. The quantitative estimate of drug-likeness (QED) is 0.727. The van der Waals surface area contributed by atoms with E-state index >= 15 is 0 Å². The molecular weight excluding hydrogens is 208 g/mol. The maximum absolute atomic E-state index is 3.51. The van der Waals surface area contributed by atoms with Gasteiger partial charge in [0.2, 0.25) is 0 Å². The van der Waals surface area contributed by atoms with Crippen LogP contribution in [0.15, 0.2) is 24.3 Å². The molecule has 1 aliphatic rings. The fourth-order valence-corrected chi connectivity index (χ4v) is 2.46. The first-order valence-corrected chi connectivity index (χ1v) is 6.95. The minimum atomic E-state index is 1.15. The van der Waals surface area contributed by atoms with E-state index < -0.39 is 0 Å². The SMILES string of the molecule is CCCCNCCCN1CCc2ccccc21. The fraction of sp³-hybridized carbons (Fsp3) is 0.600. The van der Waals surface area contributed by atoms with Gasteiger partial charge in [0.05, 0.1) is 0 Å². The van der Waals surface area contributed by atoms with Crippen molar-refractivity contribution in [2.24, 2.45) is 0 Å². The van der Waals surface area contributed by atoms with Crippen molar-refractivity contribution in [2.75, 3.05) is 31.1 Å². The second kappa shape index (κ2) is 6.65. The number of para-hydroxylation sites is 1. The summed E-state index contributed by atoms with van der Waals surface area (Å²) in [5.74, 6) is 0. The van der Waals surface area contributed by atoms with Crippen molar-refractivity contribution in [1.82, 2.24) is 5.32 Å². The standard InChI is InChI=1S/C15H24N2/c1-2-3-10-16-11-6-12-17-13-9-14-7-4-5-8-15(14)17/h4-5,7-8,16H,2-3,6,9-13H2,1H3. The molecule has 0 saturated carbocycles. The molecule has 0 fully saturated rings. The van der Waals surface area contributed by atoms with Gasteiger partial charge in [-0.15, -0.1) is 0 Å². The van der Waals surface area contributed by atoms with Gasteiger partial charge in [0.25, 0.3) is 0 Å². The van der Waals surface area contributed by atoms with Gasteiger partial charge in [0, 0.05) is 18.8 Å². The van der Waals surface area contributed by atoms with Gasteiger partial charge in [-0.1, -0.05) is 31.5 Å². The molecule has 0 unspecified atom stereocenters. The van der Waals surface area contributed by atoms with E-state index in [9.17, 15) is 0 Å². The lowest BCUT2D eigenvalue weighted by Crippen LogP contribution is -2.26. The number of anilines is 1. The number of nitrogens with one attached hydrogen (secondary N) is 1. The van der Waals surface area contributed by atoms with Crippen LogP contribution >= 0.6 is 0 Å². The highest BCUT2D eigenvalue weighted by atomic mass is 15.1. The first kappa shape index (κ1) is 12.4. The van der Waals surface area contributed by atoms with E-state index in [2.05, 4.69) is 41.4 Å². The second-order valence-corrected chi connectivity index (χ2v) is 4.82. The van der Waals surface area contributed by atoms with Crippen molar-refractivity contribution < 1.29 is 0 Å². The second-order valence-electron chi connectivity index (χ2n) is 4.82. The zero-order valence-corrected chi connectivity index (χ0v) is 10.9. The third kappa shape index (κ3) is 3.47. The topological polar surface area (TPSA) is 15.3 Å². The maximum Gasteiger partial charge on any atom is 0.0399 e. The molecular formula is C15H24N2. The Hall–Kier alpha value is -1.02. The van der Waals surface area contributed by atoms with Gasteiger partial charge >= 0.3 is 0 Å². The molecule has 1 aromatic rings. The van der Waals surface area contributed by atoms with E-state index in [1.807, 2.05) is 0 Å². The predicted octanol–water partition coefficient (Wildman–Crippen LogP) is 2.83. The Morgan fingerprint density at radius 3 is 2.88 bits per heavy atom. The van der Waals surface area contributed by atoms with Crippen LogP contribution in [0.25, 0.3) is 0 Å². The van der Waals surface area contributed by atoms with Crippen LogP contribution in [0, 0.1) is 0 Å². The first-order chi connectivity index (χ1) is 8.42. The number of rotatable bonds is 7. The van der Waals surface area contributed by atoms with Crippen LogP contribution < -0.4 is 10.2 Å². The summed E-state index contributed by atoms with van der Waals surface area (Å²) >= 11 is 0. The van der Waals surface area contributed by atoms with Crippen LogP contribution in [0.5, 0.6) is 0 Å². The normalized spacial score (nSPS) is 14.1. The average molecular weight is 232 g/mol. The molecule has 94 valence electrons. The van der Waals surface area contributed by atoms with E-state index in [1.54, 1.807) is 0 Å². The van der Waals surface area contributed by atoms with Gasteiger partial charge in [-0.3, -0.25) is 0 Å². The first-order valence-electron chi connectivity index (χ1n) is 6.95. The van der Waals surface area contributed by atoms with E-state index in [4.69, 9.17) is 0 Å². The Morgan fingerprint density at radius 2 is 2.00 bits per heavy atom. The summed E-state index contributed by atoms with van der Waals surface area (Å²) in [5.41, 5.74) is 2.98. The maximum atomic E-state index is 3.51. The van der Waals surface area contributed by atoms with Crippen LogP contribution in [0.2, 0.25) is 0 Å². The Bertz CT molecular complexity index is 335. The minimum absolute atomic E-state index is 1.15. The van der Waals surface area contributed by atoms with Crippen LogP contribution in [-0.2, 0) is 6.42 Å². The van der Waals surface area contributed by atoms with Crippen molar-refractivity contribution in [1.29, 1.82) is 0 Å². The Labute approximate surface area is 105 Å². The third-order valence-electron chi connectivity index (χ3n) is 3.47. The molecule has 2 heteroatoms. The molecule has 2 nitrogen and oxygen atoms in total. The van der Waals surface area contributed by atoms with Crippen molar-refractivity contribution in [2.45, 2.75) is 32.6 Å². The highest BCUT2D eigenvalue weighted by molar-refractivity contribution is 5.57. The number of unbranched alkanes of at least 4 members (excludes halogenated alkanes) is 1. The molecule has 0 amide bonds. The van der Waals surface area contributed by atoms with Gasteiger partial charge < -0.3 is 10.2 Å². The van der Waals surface area contributed by atoms with Crippen molar-refractivity contribution in [3.05, 3.63) is 29.8 Å². The summed E-state index contributed by atoms with van der Waals surface area (Å²) in [4.78, 5) is 2.52. The molecule has 1 aromatic carbocycles. The number of hydrogen-bond acceptors (Lipinski definition) is 2. The van der Waals surface area contributed by atoms with E-state index in [0.29, 0.717) is 0 Å². The summed E-state index contributed by atoms with van der Waals surface area (Å²) in [6, 6.07) is 8.81. The lowest BCUT2D eigenvalue weighted by atomic mass is 10.2. The fourth-order valence-electron chi connectivity index (χ4n) is 2.46. The third-order valence-corrected chi connectivity index (χ3v) is 3.47. The molecule has 0 aromatic heterocycles. The molecule has 17 heavy (non-hydrogen) atoms. The van der Waals surface area contributed by atoms with Crippen LogP contribution in [-0.4, -0.2) is 26.2 Å². The molecule has 1 heterocycles. The molecule has 0 radical (unpaired) electrons. The van der Waals surface area contributed by atoms with Gasteiger partial charge in [-0.05, 0) is 44.0 Å². The summed E-state index contributed by atoms with van der Waals surface area (Å²) in [6.07, 6.45) is 5.05. The number of nitrogens with zero attached hydrogens (tertiary/aromatic N) is 1. The number of hydrogen-bond donors (Lipinski definition) is 1. The summed E-state index contributed by atoms with van der Waals surface area (Å²) in [5, 5.41) is 3.51. The molecule has 0 saturated heterocycles. The monoisotopic (exact) mass is 232 g/mol. The molecule has 1 N–H and O–H groups in total. The van der Waals surface area contributed by atoms with Gasteiger partial charge in [0.1, 0.15) is 0 Å². The van der Waals surface area contributed by atoms with Gasteiger partial charge in [0.15, 0.2) is 0 Å². The van der Waals surface area contributed by atoms with E-state index in [-0.39, 0.29) is 0 Å². The minimum Gasteiger partial charge on any atom is -0.371 e. The highest BCUT2D eigenvalue weighted by Gasteiger charge is 2.16. The van der Waals surface area contributed by atoms with Crippen LogP contribution in [0.3, 0.4) is 0 Å². The van der Waals surface area contributed by atoms with Crippen LogP contribution in [0.4, 0.5) is 5.69 Å². The Balaban J connectivity index is 1.68. The molecule has 0 bridgehead atoms. The average Bonchev–Trinajstić information content (AvgIpc) is 2.77. The Morgan fingerprint density at radius 1 is 1.18 bits per heavy atom. The Kier molecular flexibility index (Phi) is 4.87. The van der Waals surface area contributed by atoms with Crippen molar-refractivity contribution in [3.63, 3.8) is 0 Å². The zero-order chi connectivity index (χ0) is 11.9. The summed E-state index contributed by atoms with van der Waals surface area (Å²) in [6.45, 7) is 6.96. The van der Waals surface area contributed by atoms with Gasteiger partial charge in [-0.25, -0.2) is 0 Å². The molecule has 2 rings (SSSR count). The molecule has 1 aliphatic heterocycles. The van der Waals surface area contributed by atoms with E-state index in [0.717, 1.165) is 6.54 Å². The van der Waals surface area contributed by atoms with Crippen molar-refractivity contribution in [3.8, 4) is 0 Å². The number of fused-ring (bicyclic) bond motifs is 1. The smallest absolute Gasteiger partial charge is 0.0399 e. The largest absolute Gasteiger partial charge is 0.371 e. The lowest BCUT2D eigenvalue weighted by molar-refractivity contribution is 0.611. The zero-order valence-electron chi connectivity index (χ0n) is 10.9. The highest BCUT2D eigenvalue weighted by Crippen LogP contribution is 2.26. The molecule has 0 atom stereocenters. The summed E-state index contributed by atoms with van der Waals surface area (Å²) < 4.78 is 0. The lowest BCUT2D eigenvalue weighted by Gasteiger charge is -2.19. The van der Waals surface area contributed by atoms with E-state index in [1.165, 1.54) is 56.6 Å².